The summed E-state index contributed by atoms with van der Waals surface area (Å²) in [6.07, 6.45) is 2.76. The summed E-state index contributed by atoms with van der Waals surface area (Å²) in [6.45, 7) is 3.56. The van der Waals surface area contributed by atoms with E-state index in [2.05, 4.69) is 15.3 Å². The fraction of sp³-hybridized carbons (Fsp3) is 0.692. The molecule has 0 amide bonds. The molecule has 1 saturated heterocycles. The monoisotopic (exact) mass is 329 g/mol. The van der Waals surface area contributed by atoms with E-state index in [9.17, 15) is 8.42 Å². The molecule has 1 N–H and O–H groups in total. The van der Waals surface area contributed by atoms with Gasteiger partial charge >= 0.3 is 0 Å². The number of rotatable bonds is 5. The molecule has 1 aromatic rings. The molecule has 0 aliphatic carbocycles. The summed E-state index contributed by atoms with van der Waals surface area (Å²) in [5, 5.41) is 3.11. The van der Waals surface area contributed by atoms with Crippen molar-refractivity contribution in [2.45, 2.75) is 13.0 Å². The standard InChI is InChI=1S/C13H23N5O3S/c1-10-7-14-13(16-12(10)17(2)3)15-8-11-9-18(5-6-21-11)22(4,19)20/h7,11H,5-6,8-9H2,1-4H3,(H,14,15,16). The van der Waals surface area contributed by atoms with Gasteiger partial charge in [-0.15, -0.1) is 0 Å². The van der Waals surface area contributed by atoms with Crippen LogP contribution in [0.25, 0.3) is 0 Å². The molecule has 0 bridgehead atoms. The lowest BCUT2D eigenvalue weighted by molar-refractivity contribution is 0.00696. The molecule has 1 atom stereocenters. The molecule has 1 aromatic heterocycles. The van der Waals surface area contributed by atoms with Crippen LogP contribution in [-0.2, 0) is 14.8 Å². The van der Waals surface area contributed by atoms with Gasteiger partial charge in [-0.2, -0.15) is 9.29 Å². The molecule has 9 heteroatoms. The normalized spacial score (nSPS) is 19.9. The third kappa shape index (κ3) is 4.28. The average molecular weight is 329 g/mol. The van der Waals surface area contributed by atoms with E-state index >= 15 is 0 Å². The zero-order valence-electron chi connectivity index (χ0n) is 13.4. The Morgan fingerprint density at radius 1 is 1.50 bits per heavy atom. The minimum absolute atomic E-state index is 0.212. The van der Waals surface area contributed by atoms with Crippen LogP contribution in [0.1, 0.15) is 5.56 Å². The predicted molar refractivity (Wildman–Crippen MR) is 85.7 cm³/mol. The van der Waals surface area contributed by atoms with Crippen molar-refractivity contribution in [1.82, 2.24) is 14.3 Å². The smallest absolute Gasteiger partial charge is 0.224 e. The van der Waals surface area contributed by atoms with Crippen LogP contribution in [0.4, 0.5) is 11.8 Å². The predicted octanol–water partition coefficient (Wildman–Crippen LogP) is -0.0767. The zero-order chi connectivity index (χ0) is 16.3. The quantitative estimate of drug-likeness (QED) is 0.808. The molecule has 124 valence electrons. The van der Waals surface area contributed by atoms with Gasteiger partial charge in [0, 0.05) is 45.5 Å². The van der Waals surface area contributed by atoms with E-state index in [0.29, 0.717) is 32.2 Å². The SMILES string of the molecule is Cc1cnc(NCC2CN(S(C)(=O)=O)CCO2)nc1N(C)C. The van der Waals surface area contributed by atoms with Crippen molar-refractivity contribution in [3.8, 4) is 0 Å². The first-order valence-electron chi connectivity index (χ1n) is 7.09. The van der Waals surface area contributed by atoms with E-state index in [4.69, 9.17) is 4.74 Å². The third-order valence-electron chi connectivity index (χ3n) is 3.43. The van der Waals surface area contributed by atoms with E-state index in [1.54, 1.807) is 6.20 Å². The van der Waals surface area contributed by atoms with Crippen LogP contribution < -0.4 is 10.2 Å². The number of hydrogen-bond acceptors (Lipinski definition) is 7. The second-order valence-corrected chi connectivity index (χ2v) is 7.57. The first-order valence-corrected chi connectivity index (χ1v) is 8.94. The van der Waals surface area contributed by atoms with Crippen molar-refractivity contribution in [1.29, 1.82) is 0 Å². The maximum atomic E-state index is 11.6. The van der Waals surface area contributed by atoms with E-state index in [-0.39, 0.29) is 6.10 Å². The fourth-order valence-electron chi connectivity index (χ4n) is 2.29. The molecule has 0 saturated carbocycles. The lowest BCUT2D eigenvalue weighted by Gasteiger charge is -2.31. The van der Waals surface area contributed by atoms with Crippen molar-refractivity contribution in [2.75, 3.05) is 56.8 Å². The summed E-state index contributed by atoms with van der Waals surface area (Å²) in [7, 11) is 0.670. The van der Waals surface area contributed by atoms with Gasteiger partial charge in [0.05, 0.1) is 19.0 Å². The lowest BCUT2D eigenvalue weighted by Crippen LogP contribution is -2.47. The van der Waals surface area contributed by atoms with Gasteiger partial charge in [0.1, 0.15) is 5.82 Å². The molecule has 2 heterocycles. The van der Waals surface area contributed by atoms with Crippen LogP contribution in [0.2, 0.25) is 0 Å². The highest BCUT2D eigenvalue weighted by Crippen LogP contribution is 2.15. The van der Waals surface area contributed by atoms with Crippen molar-refractivity contribution in [3.63, 3.8) is 0 Å². The second-order valence-electron chi connectivity index (χ2n) is 5.59. The number of morpholine rings is 1. The van der Waals surface area contributed by atoms with Crippen molar-refractivity contribution >= 4 is 21.8 Å². The number of aromatic nitrogens is 2. The number of nitrogens with one attached hydrogen (secondary N) is 1. The van der Waals surface area contributed by atoms with E-state index in [1.807, 2.05) is 25.9 Å². The molecule has 1 aliphatic heterocycles. The summed E-state index contributed by atoms with van der Waals surface area (Å²) < 4.78 is 30.2. The highest BCUT2D eigenvalue weighted by atomic mass is 32.2. The Morgan fingerprint density at radius 2 is 2.23 bits per heavy atom. The summed E-state index contributed by atoms with van der Waals surface area (Å²) in [6, 6.07) is 0. The number of aryl methyl sites for hydroxylation is 1. The van der Waals surface area contributed by atoms with Gasteiger partial charge in [-0.1, -0.05) is 0 Å². The fourth-order valence-corrected chi connectivity index (χ4v) is 3.14. The first kappa shape index (κ1) is 16.9. The van der Waals surface area contributed by atoms with Crippen molar-refractivity contribution in [3.05, 3.63) is 11.8 Å². The zero-order valence-corrected chi connectivity index (χ0v) is 14.2. The molecule has 0 spiro atoms. The maximum absolute atomic E-state index is 11.6. The van der Waals surface area contributed by atoms with Gasteiger partial charge in [-0.3, -0.25) is 0 Å². The second kappa shape index (κ2) is 6.76. The molecule has 0 radical (unpaired) electrons. The Hall–Kier alpha value is -1.45. The van der Waals surface area contributed by atoms with Crippen LogP contribution in [0.3, 0.4) is 0 Å². The van der Waals surface area contributed by atoms with E-state index < -0.39 is 10.0 Å². The number of anilines is 2. The lowest BCUT2D eigenvalue weighted by atomic mass is 10.3. The van der Waals surface area contributed by atoms with Gasteiger partial charge in [0.25, 0.3) is 0 Å². The Labute approximate surface area is 131 Å². The minimum atomic E-state index is -3.18. The van der Waals surface area contributed by atoms with Gasteiger partial charge in [-0.25, -0.2) is 13.4 Å². The summed E-state index contributed by atoms with van der Waals surface area (Å²) >= 11 is 0. The Balaban J connectivity index is 1.97. The van der Waals surface area contributed by atoms with Crippen LogP contribution >= 0.6 is 0 Å². The number of hydrogen-bond donors (Lipinski definition) is 1. The van der Waals surface area contributed by atoms with Crippen LogP contribution in [0.15, 0.2) is 6.20 Å². The third-order valence-corrected chi connectivity index (χ3v) is 4.70. The van der Waals surface area contributed by atoms with Crippen LogP contribution in [0.5, 0.6) is 0 Å². The van der Waals surface area contributed by atoms with E-state index in [0.717, 1.165) is 11.4 Å². The topological polar surface area (TPSA) is 87.7 Å². The molecular formula is C13H23N5O3S. The molecule has 0 aromatic carbocycles. The van der Waals surface area contributed by atoms with E-state index in [1.165, 1.54) is 10.6 Å². The van der Waals surface area contributed by atoms with Crippen LogP contribution in [-0.4, -0.2) is 75.4 Å². The number of ether oxygens (including phenoxy) is 1. The van der Waals surface area contributed by atoms with Crippen molar-refractivity contribution < 1.29 is 13.2 Å². The van der Waals surface area contributed by atoms with Gasteiger partial charge in [0.15, 0.2) is 0 Å². The van der Waals surface area contributed by atoms with Gasteiger partial charge in [0.2, 0.25) is 16.0 Å². The van der Waals surface area contributed by atoms with Gasteiger partial charge < -0.3 is 15.0 Å². The molecule has 8 nitrogen and oxygen atoms in total. The maximum Gasteiger partial charge on any atom is 0.224 e. The molecule has 1 fully saturated rings. The molecule has 1 aliphatic rings. The Kier molecular flexibility index (Phi) is 5.20. The van der Waals surface area contributed by atoms with Crippen molar-refractivity contribution in [2.24, 2.45) is 0 Å². The summed E-state index contributed by atoms with van der Waals surface area (Å²) in [5.41, 5.74) is 0.993. The highest BCUT2D eigenvalue weighted by Gasteiger charge is 2.26. The largest absolute Gasteiger partial charge is 0.374 e. The summed E-state index contributed by atoms with van der Waals surface area (Å²) in [4.78, 5) is 10.6. The molecule has 1 unspecified atom stereocenters. The molecule has 2 rings (SSSR count). The van der Waals surface area contributed by atoms with Crippen LogP contribution in [0, 0.1) is 6.92 Å². The first-order chi connectivity index (χ1) is 10.3. The Bertz CT molecular complexity index is 620. The number of nitrogens with zero attached hydrogens (tertiary/aromatic N) is 4. The summed E-state index contributed by atoms with van der Waals surface area (Å²) in [5.74, 6) is 1.36. The average Bonchev–Trinajstić information content (AvgIpc) is 2.45. The van der Waals surface area contributed by atoms with Gasteiger partial charge in [-0.05, 0) is 6.92 Å². The highest BCUT2D eigenvalue weighted by molar-refractivity contribution is 7.88. The minimum Gasteiger partial charge on any atom is -0.374 e. The molecular weight excluding hydrogens is 306 g/mol. The Morgan fingerprint density at radius 3 is 2.86 bits per heavy atom. The number of sulfonamides is 1. The molecule has 22 heavy (non-hydrogen) atoms.